The van der Waals surface area contributed by atoms with Gasteiger partial charge in [0.15, 0.2) is 17.5 Å². The number of hydrogen-bond donors (Lipinski definition) is 2. The highest BCUT2D eigenvalue weighted by atomic mass is 127. The minimum atomic E-state index is -0.377. The van der Waals surface area contributed by atoms with E-state index in [0.29, 0.717) is 25.0 Å². The van der Waals surface area contributed by atoms with Gasteiger partial charge in [0.2, 0.25) is 0 Å². The van der Waals surface area contributed by atoms with Crippen LogP contribution in [0.3, 0.4) is 0 Å². The van der Waals surface area contributed by atoms with Crippen molar-refractivity contribution in [1.29, 1.82) is 0 Å². The third kappa shape index (κ3) is 7.30. The number of aryl methyl sites for hydroxylation is 1. The van der Waals surface area contributed by atoms with Crippen molar-refractivity contribution in [3.05, 3.63) is 41.7 Å². The molecule has 0 radical (unpaired) electrons. The molecule has 172 valence electrons. The number of aromatic nitrogens is 3. The number of benzene rings is 1. The van der Waals surface area contributed by atoms with Crippen LogP contribution in [0.2, 0.25) is 0 Å². The second kappa shape index (κ2) is 12.8. The van der Waals surface area contributed by atoms with Crippen molar-refractivity contribution < 1.29 is 13.9 Å². The molecule has 0 amide bonds. The summed E-state index contributed by atoms with van der Waals surface area (Å²) in [5.41, 5.74) is 0.819. The van der Waals surface area contributed by atoms with Gasteiger partial charge in [0, 0.05) is 38.6 Å². The molecule has 1 aliphatic heterocycles. The molecule has 8 nitrogen and oxygen atoms in total. The van der Waals surface area contributed by atoms with Gasteiger partial charge in [-0.1, -0.05) is 13.0 Å². The van der Waals surface area contributed by atoms with E-state index in [1.165, 1.54) is 13.2 Å². The molecule has 0 bridgehead atoms. The zero-order valence-corrected chi connectivity index (χ0v) is 20.6. The molecule has 1 aromatic heterocycles. The maximum Gasteiger partial charge on any atom is 0.191 e. The number of halogens is 2. The van der Waals surface area contributed by atoms with Crippen molar-refractivity contribution in [2.75, 3.05) is 33.4 Å². The first-order valence-corrected chi connectivity index (χ1v) is 10.4. The largest absolute Gasteiger partial charge is 0.494 e. The van der Waals surface area contributed by atoms with Crippen LogP contribution in [0.1, 0.15) is 37.7 Å². The maximum atomic E-state index is 14.1. The molecule has 2 unspecified atom stereocenters. The van der Waals surface area contributed by atoms with E-state index in [1.807, 2.05) is 17.6 Å². The fourth-order valence-electron chi connectivity index (χ4n) is 3.37. The summed E-state index contributed by atoms with van der Waals surface area (Å²) in [5, 5.41) is 14.8. The predicted octanol–water partition coefficient (Wildman–Crippen LogP) is 2.94. The molecule has 0 saturated carbocycles. The molecule has 10 heteroatoms. The van der Waals surface area contributed by atoms with Crippen molar-refractivity contribution >= 4 is 29.9 Å². The van der Waals surface area contributed by atoms with Crippen LogP contribution in [0.4, 0.5) is 4.39 Å². The molecule has 0 spiro atoms. The van der Waals surface area contributed by atoms with Crippen molar-refractivity contribution in [3.8, 4) is 5.75 Å². The molecule has 2 heterocycles. The van der Waals surface area contributed by atoms with Crippen LogP contribution in [0.15, 0.2) is 29.5 Å². The Morgan fingerprint density at radius 2 is 2.29 bits per heavy atom. The predicted molar refractivity (Wildman–Crippen MR) is 129 cm³/mol. The minimum absolute atomic E-state index is 0. The highest BCUT2D eigenvalue weighted by Crippen LogP contribution is 2.21. The van der Waals surface area contributed by atoms with Gasteiger partial charge in [-0.05, 0) is 31.0 Å². The van der Waals surface area contributed by atoms with Crippen LogP contribution in [-0.4, -0.2) is 54.1 Å². The van der Waals surface area contributed by atoms with Crippen LogP contribution in [0.5, 0.6) is 5.75 Å². The van der Waals surface area contributed by atoms with E-state index in [2.05, 4.69) is 27.8 Å². The van der Waals surface area contributed by atoms with Crippen molar-refractivity contribution in [1.82, 2.24) is 25.4 Å². The average molecular weight is 546 g/mol. The zero-order valence-electron chi connectivity index (χ0n) is 18.3. The van der Waals surface area contributed by atoms with Gasteiger partial charge in [-0.25, -0.2) is 4.39 Å². The molecule has 1 fully saturated rings. The highest BCUT2D eigenvalue weighted by Gasteiger charge is 2.16. The summed E-state index contributed by atoms with van der Waals surface area (Å²) >= 11 is 0. The van der Waals surface area contributed by atoms with Gasteiger partial charge in [0.05, 0.1) is 19.8 Å². The average Bonchev–Trinajstić information content (AvgIpc) is 3.43. The zero-order chi connectivity index (χ0) is 21.3. The van der Waals surface area contributed by atoms with E-state index in [4.69, 9.17) is 14.5 Å². The van der Waals surface area contributed by atoms with Gasteiger partial charge in [0.1, 0.15) is 12.2 Å². The SMILES string of the molecule is CCc1nncn1CCNC(=NCC1CCOC1)NC(C)c1ccc(OC)c(F)c1.I. The molecular formula is C21H32FIN6O2. The number of aliphatic imine (C=N–C) groups is 1. The molecule has 1 aromatic carbocycles. The van der Waals surface area contributed by atoms with Crippen LogP contribution >= 0.6 is 24.0 Å². The molecular weight excluding hydrogens is 514 g/mol. The van der Waals surface area contributed by atoms with E-state index in [-0.39, 0.29) is 41.6 Å². The van der Waals surface area contributed by atoms with Gasteiger partial charge < -0.3 is 24.7 Å². The van der Waals surface area contributed by atoms with Crippen molar-refractivity contribution in [3.63, 3.8) is 0 Å². The number of ether oxygens (including phenoxy) is 2. The summed E-state index contributed by atoms with van der Waals surface area (Å²) in [4.78, 5) is 4.74. The summed E-state index contributed by atoms with van der Waals surface area (Å²) in [6.45, 7) is 7.66. The van der Waals surface area contributed by atoms with Crippen LogP contribution in [-0.2, 0) is 17.7 Å². The van der Waals surface area contributed by atoms with E-state index in [0.717, 1.165) is 44.0 Å². The van der Waals surface area contributed by atoms with Gasteiger partial charge in [-0.3, -0.25) is 4.99 Å². The summed E-state index contributed by atoms with van der Waals surface area (Å²) in [5.74, 6) is 1.94. The van der Waals surface area contributed by atoms with Gasteiger partial charge in [-0.2, -0.15) is 0 Å². The summed E-state index contributed by atoms with van der Waals surface area (Å²) < 4.78 is 26.6. The van der Waals surface area contributed by atoms with Gasteiger partial charge in [0.25, 0.3) is 0 Å². The fourth-order valence-corrected chi connectivity index (χ4v) is 3.37. The standard InChI is InChI=1S/C21H31FN6O2.HI/c1-4-20-27-25-14-28(20)9-8-23-21(24-12-16-7-10-30-13-16)26-15(2)17-5-6-19(29-3)18(22)11-17;/h5-6,11,14-16H,4,7-10,12-13H2,1-3H3,(H2,23,24,26);1H. The van der Waals surface area contributed by atoms with Crippen molar-refractivity contribution in [2.24, 2.45) is 10.9 Å². The molecule has 31 heavy (non-hydrogen) atoms. The maximum absolute atomic E-state index is 14.1. The molecule has 2 atom stereocenters. The molecule has 2 aromatic rings. The fraction of sp³-hybridized carbons (Fsp3) is 0.571. The second-order valence-corrected chi connectivity index (χ2v) is 7.40. The van der Waals surface area contributed by atoms with E-state index < -0.39 is 0 Å². The lowest BCUT2D eigenvalue weighted by molar-refractivity contribution is 0.187. The number of methoxy groups -OCH3 is 1. The Morgan fingerprint density at radius 3 is 2.97 bits per heavy atom. The topological polar surface area (TPSA) is 85.6 Å². The number of rotatable bonds is 9. The molecule has 1 aliphatic rings. The van der Waals surface area contributed by atoms with Crippen molar-refractivity contribution in [2.45, 2.75) is 39.3 Å². The molecule has 2 N–H and O–H groups in total. The van der Waals surface area contributed by atoms with Crippen LogP contribution in [0.25, 0.3) is 0 Å². The van der Waals surface area contributed by atoms with E-state index in [1.54, 1.807) is 12.4 Å². The van der Waals surface area contributed by atoms with Gasteiger partial charge in [-0.15, -0.1) is 34.2 Å². The van der Waals surface area contributed by atoms with Crippen LogP contribution in [0, 0.1) is 11.7 Å². The van der Waals surface area contributed by atoms with Gasteiger partial charge >= 0.3 is 0 Å². The van der Waals surface area contributed by atoms with Crippen LogP contribution < -0.4 is 15.4 Å². The minimum Gasteiger partial charge on any atom is -0.494 e. The summed E-state index contributed by atoms with van der Waals surface area (Å²) in [6, 6.07) is 4.86. The third-order valence-electron chi connectivity index (χ3n) is 5.22. The number of nitrogens with one attached hydrogen (secondary N) is 2. The smallest absolute Gasteiger partial charge is 0.191 e. The normalized spacial score (nSPS) is 17.2. The Hall–Kier alpha value is -1.95. The first-order valence-electron chi connectivity index (χ1n) is 10.4. The second-order valence-electron chi connectivity index (χ2n) is 7.40. The Balaban J connectivity index is 0.00000341. The molecule has 1 saturated heterocycles. The molecule has 0 aliphatic carbocycles. The Labute approximate surface area is 200 Å². The summed E-state index contributed by atoms with van der Waals surface area (Å²) in [6.07, 6.45) is 3.60. The number of guanidine groups is 1. The Bertz CT molecular complexity index is 841. The Kier molecular flexibility index (Phi) is 10.4. The van der Waals surface area contributed by atoms with E-state index in [9.17, 15) is 4.39 Å². The lowest BCUT2D eigenvalue weighted by atomic mass is 10.1. The number of nitrogens with zero attached hydrogens (tertiary/aromatic N) is 4. The Morgan fingerprint density at radius 1 is 1.45 bits per heavy atom. The lowest BCUT2D eigenvalue weighted by Crippen LogP contribution is -2.40. The summed E-state index contributed by atoms with van der Waals surface area (Å²) in [7, 11) is 1.46. The van der Waals surface area contributed by atoms with E-state index >= 15 is 0 Å². The number of hydrogen-bond acceptors (Lipinski definition) is 5. The first kappa shape index (κ1) is 25.3. The lowest BCUT2D eigenvalue weighted by Gasteiger charge is -2.20. The molecule has 3 rings (SSSR count). The highest BCUT2D eigenvalue weighted by molar-refractivity contribution is 14.0. The third-order valence-corrected chi connectivity index (χ3v) is 5.22. The quantitative estimate of drug-likeness (QED) is 0.286. The first-order chi connectivity index (χ1) is 14.6. The monoisotopic (exact) mass is 546 g/mol.